The Hall–Kier alpha value is -1.79. The quantitative estimate of drug-likeness (QED) is 0.675. The summed E-state index contributed by atoms with van der Waals surface area (Å²) in [5.41, 5.74) is 0.849. The van der Waals surface area contributed by atoms with Gasteiger partial charge in [-0.1, -0.05) is 6.07 Å². The van der Waals surface area contributed by atoms with E-state index in [1.165, 1.54) is 0 Å². The number of ether oxygens (including phenoxy) is 3. The molecule has 6 heteroatoms. The van der Waals surface area contributed by atoms with Gasteiger partial charge in [-0.15, -0.1) is 0 Å². The highest BCUT2D eigenvalue weighted by molar-refractivity contribution is 5.80. The Labute approximate surface area is 131 Å². The van der Waals surface area contributed by atoms with Gasteiger partial charge in [0.1, 0.15) is 12.4 Å². The molecule has 1 saturated heterocycles. The standard InChI is InChI=1S/C16H24N2O4/c1-20-8-9-22-14-5-2-4-13(10-14)17-12-16(19)18-11-15-6-3-7-21-15/h2,4-5,10,15,17H,3,6-9,11-12H2,1H3,(H,18,19). The van der Waals surface area contributed by atoms with Crippen molar-refractivity contribution in [2.75, 3.05) is 45.3 Å². The summed E-state index contributed by atoms with van der Waals surface area (Å²) in [6.45, 7) is 2.66. The predicted molar refractivity (Wildman–Crippen MR) is 84.3 cm³/mol. The number of hydrogen-bond acceptors (Lipinski definition) is 5. The van der Waals surface area contributed by atoms with Crippen LogP contribution >= 0.6 is 0 Å². The number of benzene rings is 1. The van der Waals surface area contributed by atoms with E-state index in [-0.39, 0.29) is 18.6 Å². The van der Waals surface area contributed by atoms with Gasteiger partial charge in [-0.25, -0.2) is 0 Å². The zero-order valence-electron chi connectivity index (χ0n) is 13.0. The molecular formula is C16H24N2O4. The van der Waals surface area contributed by atoms with Gasteiger partial charge in [0.05, 0.1) is 19.3 Å². The van der Waals surface area contributed by atoms with Crippen molar-refractivity contribution in [3.05, 3.63) is 24.3 Å². The van der Waals surface area contributed by atoms with Crippen LogP contribution in [-0.4, -0.2) is 52.0 Å². The Morgan fingerprint density at radius 1 is 1.41 bits per heavy atom. The third kappa shape index (κ3) is 5.91. The van der Waals surface area contributed by atoms with Gasteiger partial charge in [0.25, 0.3) is 0 Å². The molecule has 0 bridgehead atoms. The Balaban J connectivity index is 1.68. The number of carbonyl (C=O) groups excluding carboxylic acids is 1. The maximum absolute atomic E-state index is 11.8. The second kappa shape index (κ2) is 9.27. The van der Waals surface area contributed by atoms with Gasteiger partial charge >= 0.3 is 0 Å². The van der Waals surface area contributed by atoms with Gasteiger partial charge in [0, 0.05) is 32.0 Å². The number of carbonyl (C=O) groups is 1. The van der Waals surface area contributed by atoms with Gasteiger partial charge in [0.15, 0.2) is 0 Å². The first kappa shape index (κ1) is 16.6. The zero-order chi connectivity index (χ0) is 15.6. The third-order valence-corrected chi connectivity index (χ3v) is 3.39. The second-order valence-electron chi connectivity index (χ2n) is 5.16. The lowest BCUT2D eigenvalue weighted by Crippen LogP contribution is -2.35. The van der Waals surface area contributed by atoms with E-state index < -0.39 is 0 Å². The van der Waals surface area contributed by atoms with Gasteiger partial charge in [-0.3, -0.25) is 4.79 Å². The highest BCUT2D eigenvalue weighted by Crippen LogP contribution is 2.17. The third-order valence-electron chi connectivity index (χ3n) is 3.39. The average Bonchev–Trinajstić information content (AvgIpc) is 3.05. The molecule has 1 amide bonds. The smallest absolute Gasteiger partial charge is 0.239 e. The van der Waals surface area contributed by atoms with E-state index in [4.69, 9.17) is 14.2 Å². The van der Waals surface area contributed by atoms with E-state index in [1.54, 1.807) is 7.11 Å². The van der Waals surface area contributed by atoms with E-state index in [0.717, 1.165) is 30.9 Å². The molecule has 1 aliphatic heterocycles. The van der Waals surface area contributed by atoms with E-state index in [9.17, 15) is 4.79 Å². The molecule has 1 atom stereocenters. The van der Waals surface area contributed by atoms with Crippen LogP contribution in [-0.2, 0) is 14.3 Å². The van der Waals surface area contributed by atoms with Gasteiger partial charge in [0.2, 0.25) is 5.91 Å². The van der Waals surface area contributed by atoms with Crippen LogP contribution in [0.1, 0.15) is 12.8 Å². The van der Waals surface area contributed by atoms with Crippen LogP contribution in [0, 0.1) is 0 Å². The van der Waals surface area contributed by atoms with E-state index in [1.807, 2.05) is 24.3 Å². The second-order valence-corrected chi connectivity index (χ2v) is 5.16. The molecule has 1 aromatic rings. The first-order chi connectivity index (χ1) is 10.8. The first-order valence-corrected chi connectivity index (χ1v) is 7.62. The Morgan fingerprint density at radius 2 is 2.32 bits per heavy atom. The molecule has 0 saturated carbocycles. The SMILES string of the molecule is COCCOc1cccc(NCC(=O)NCC2CCCO2)c1. The maximum Gasteiger partial charge on any atom is 0.239 e. The summed E-state index contributed by atoms with van der Waals surface area (Å²) in [7, 11) is 1.64. The molecule has 0 aromatic heterocycles. The summed E-state index contributed by atoms with van der Waals surface area (Å²) < 4.78 is 15.9. The summed E-state index contributed by atoms with van der Waals surface area (Å²) in [4.78, 5) is 11.8. The fourth-order valence-corrected chi connectivity index (χ4v) is 2.22. The zero-order valence-corrected chi connectivity index (χ0v) is 13.0. The van der Waals surface area contributed by atoms with E-state index >= 15 is 0 Å². The van der Waals surface area contributed by atoms with Crippen molar-refractivity contribution in [2.45, 2.75) is 18.9 Å². The number of methoxy groups -OCH3 is 1. The molecule has 1 heterocycles. The number of nitrogens with one attached hydrogen (secondary N) is 2. The fourth-order valence-electron chi connectivity index (χ4n) is 2.22. The van der Waals surface area contributed by atoms with Crippen LogP contribution in [0.5, 0.6) is 5.75 Å². The van der Waals surface area contributed by atoms with Crippen molar-refractivity contribution < 1.29 is 19.0 Å². The number of amides is 1. The highest BCUT2D eigenvalue weighted by Gasteiger charge is 2.15. The lowest BCUT2D eigenvalue weighted by atomic mass is 10.2. The van der Waals surface area contributed by atoms with Crippen LogP contribution in [0.3, 0.4) is 0 Å². The van der Waals surface area contributed by atoms with Gasteiger partial charge in [-0.05, 0) is 25.0 Å². The summed E-state index contributed by atoms with van der Waals surface area (Å²) in [6, 6.07) is 7.52. The molecule has 0 spiro atoms. The molecule has 1 aliphatic rings. The Kier molecular flexibility index (Phi) is 6.99. The monoisotopic (exact) mass is 308 g/mol. The minimum atomic E-state index is -0.0406. The molecule has 1 fully saturated rings. The summed E-state index contributed by atoms with van der Waals surface area (Å²) >= 11 is 0. The minimum absolute atomic E-state index is 0.0406. The molecule has 0 aliphatic carbocycles. The maximum atomic E-state index is 11.8. The van der Waals surface area contributed by atoms with E-state index in [0.29, 0.717) is 19.8 Å². The molecule has 122 valence electrons. The largest absolute Gasteiger partial charge is 0.491 e. The summed E-state index contributed by atoms with van der Waals surface area (Å²) in [6.07, 6.45) is 2.27. The minimum Gasteiger partial charge on any atom is -0.491 e. The molecule has 22 heavy (non-hydrogen) atoms. The fraction of sp³-hybridized carbons (Fsp3) is 0.562. The van der Waals surface area contributed by atoms with Crippen molar-refractivity contribution in [2.24, 2.45) is 0 Å². The topological polar surface area (TPSA) is 68.8 Å². The van der Waals surface area contributed by atoms with Crippen molar-refractivity contribution >= 4 is 11.6 Å². The molecular weight excluding hydrogens is 284 g/mol. The first-order valence-electron chi connectivity index (χ1n) is 7.62. The molecule has 6 nitrogen and oxygen atoms in total. The molecule has 2 N–H and O–H groups in total. The Morgan fingerprint density at radius 3 is 3.09 bits per heavy atom. The lowest BCUT2D eigenvalue weighted by Gasteiger charge is -2.12. The summed E-state index contributed by atoms with van der Waals surface area (Å²) in [5.74, 6) is 0.711. The molecule has 1 aromatic carbocycles. The van der Waals surface area contributed by atoms with Crippen molar-refractivity contribution in [1.82, 2.24) is 5.32 Å². The van der Waals surface area contributed by atoms with Gasteiger partial charge < -0.3 is 24.8 Å². The van der Waals surface area contributed by atoms with Crippen LogP contribution in [0.2, 0.25) is 0 Å². The lowest BCUT2D eigenvalue weighted by molar-refractivity contribution is -0.119. The number of anilines is 1. The van der Waals surface area contributed by atoms with E-state index in [2.05, 4.69) is 10.6 Å². The predicted octanol–water partition coefficient (Wildman–Crippen LogP) is 1.42. The highest BCUT2D eigenvalue weighted by atomic mass is 16.5. The molecule has 1 unspecified atom stereocenters. The van der Waals surface area contributed by atoms with Crippen molar-refractivity contribution in [1.29, 1.82) is 0 Å². The van der Waals surface area contributed by atoms with Crippen LogP contribution < -0.4 is 15.4 Å². The average molecular weight is 308 g/mol. The van der Waals surface area contributed by atoms with Crippen LogP contribution in [0.15, 0.2) is 24.3 Å². The normalized spacial score (nSPS) is 17.2. The number of hydrogen-bond donors (Lipinski definition) is 2. The summed E-state index contributed by atoms with van der Waals surface area (Å²) in [5, 5.41) is 5.96. The van der Waals surface area contributed by atoms with Crippen molar-refractivity contribution in [3.8, 4) is 5.75 Å². The number of rotatable bonds is 9. The van der Waals surface area contributed by atoms with Crippen LogP contribution in [0.25, 0.3) is 0 Å². The Bertz CT molecular complexity index is 461. The molecule has 2 rings (SSSR count). The van der Waals surface area contributed by atoms with Gasteiger partial charge in [-0.2, -0.15) is 0 Å². The molecule has 0 radical (unpaired) electrons. The van der Waals surface area contributed by atoms with Crippen molar-refractivity contribution in [3.63, 3.8) is 0 Å². The van der Waals surface area contributed by atoms with Crippen LogP contribution in [0.4, 0.5) is 5.69 Å².